The number of aromatic nitrogens is 2. The number of phenolic OH excluding ortho intramolecular Hbond substituents is 1. The van der Waals surface area contributed by atoms with Crippen LogP contribution in [-0.4, -0.2) is 60.5 Å². The summed E-state index contributed by atoms with van der Waals surface area (Å²) in [4.78, 5) is 44.8. The van der Waals surface area contributed by atoms with Crippen molar-refractivity contribution in [2.75, 3.05) is 30.8 Å². The average Bonchev–Trinajstić information content (AvgIpc) is 3.27. The Labute approximate surface area is 357 Å². The maximum Gasteiger partial charge on any atom is 0.255 e. The molecule has 1 atom stereocenters. The van der Waals surface area contributed by atoms with Gasteiger partial charge < -0.3 is 35.9 Å². The Balaban J connectivity index is 0.977. The van der Waals surface area contributed by atoms with Crippen LogP contribution in [-0.2, 0) is 9.84 Å². The monoisotopic (exact) mass is 849 g/mol. The highest BCUT2D eigenvalue weighted by Gasteiger charge is 2.23. The van der Waals surface area contributed by atoms with E-state index in [1.807, 2.05) is 0 Å². The van der Waals surface area contributed by atoms with E-state index >= 15 is 0 Å². The number of nitrogens with one attached hydrogen (secondary N) is 4. The zero-order valence-electron chi connectivity index (χ0n) is 34.1. The summed E-state index contributed by atoms with van der Waals surface area (Å²) in [5.41, 5.74) is 4.35. The molecule has 2 aromatic heterocycles. The molecule has 0 aliphatic rings. The molecule has 1 amide bonds. The maximum absolute atomic E-state index is 14.2. The molecule has 0 saturated heterocycles. The number of hydrogen-bond acceptors (Lipinski definition) is 11. The summed E-state index contributed by atoms with van der Waals surface area (Å²) in [5.74, 6) is 6.02. The van der Waals surface area contributed by atoms with Gasteiger partial charge in [-0.3, -0.25) is 19.4 Å². The molecule has 314 valence electrons. The van der Waals surface area contributed by atoms with E-state index in [-0.39, 0.29) is 50.1 Å². The van der Waals surface area contributed by atoms with Gasteiger partial charge in [-0.1, -0.05) is 30.0 Å². The number of aliphatic hydroxyl groups excluding tert-OH is 1. The number of anilines is 3. The van der Waals surface area contributed by atoms with Crippen molar-refractivity contribution in [1.82, 2.24) is 15.3 Å². The molecular formula is C48H43N5O8S. The van der Waals surface area contributed by atoms with E-state index in [1.54, 1.807) is 74.7 Å². The number of amides is 1. The summed E-state index contributed by atoms with van der Waals surface area (Å²) in [6.07, 6.45) is 1.95. The van der Waals surface area contributed by atoms with Crippen molar-refractivity contribution in [3.05, 3.63) is 154 Å². The van der Waals surface area contributed by atoms with Crippen LogP contribution >= 0.6 is 0 Å². The number of phenols is 1. The van der Waals surface area contributed by atoms with Crippen molar-refractivity contribution in [3.63, 3.8) is 0 Å². The Hall–Kier alpha value is -7.31. The van der Waals surface area contributed by atoms with Gasteiger partial charge in [0.15, 0.2) is 5.78 Å². The van der Waals surface area contributed by atoms with Gasteiger partial charge in [0.1, 0.15) is 11.5 Å². The topological polar surface area (TPSA) is 200 Å². The lowest BCUT2D eigenvalue weighted by atomic mass is 10.0. The zero-order chi connectivity index (χ0) is 44.0. The molecule has 14 heteroatoms. The van der Waals surface area contributed by atoms with E-state index in [4.69, 9.17) is 4.74 Å². The Morgan fingerprint density at radius 1 is 0.903 bits per heavy atom. The number of aliphatic hydroxyl groups is 1. The smallest absolute Gasteiger partial charge is 0.255 e. The molecular weight excluding hydrogens is 807 g/mol. The van der Waals surface area contributed by atoms with E-state index < -0.39 is 21.8 Å². The van der Waals surface area contributed by atoms with Crippen LogP contribution in [0.25, 0.3) is 21.8 Å². The molecule has 7 rings (SSSR count). The van der Waals surface area contributed by atoms with Crippen molar-refractivity contribution in [2.45, 2.75) is 42.6 Å². The molecule has 0 aliphatic heterocycles. The summed E-state index contributed by atoms with van der Waals surface area (Å²) < 4.78 is 33.7. The second kappa shape index (κ2) is 18.5. The van der Waals surface area contributed by atoms with Crippen molar-refractivity contribution >= 4 is 60.4 Å². The molecule has 7 aromatic rings. The molecule has 0 saturated carbocycles. The SMILES string of the molecule is COc1cccc(Nc2c(C(C)=O)cnc3c(C)cc(S(=O)(=O)c4cccc(C(=O)Nc5ccc(C#CCCCNC[C@H](O)c6ccc(O)c7[nH]c(=O)ccc67)cc5)c4)cc23)c1. The van der Waals surface area contributed by atoms with Crippen LogP contribution in [0.15, 0.2) is 130 Å². The van der Waals surface area contributed by atoms with Crippen LogP contribution in [0.4, 0.5) is 17.1 Å². The largest absolute Gasteiger partial charge is 0.506 e. The fourth-order valence-corrected chi connectivity index (χ4v) is 8.41. The number of rotatable bonds is 14. The van der Waals surface area contributed by atoms with Gasteiger partial charge >= 0.3 is 0 Å². The number of ketones is 1. The molecule has 0 radical (unpaired) electrons. The average molecular weight is 850 g/mol. The van der Waals surface area contributed by atoms with E-state index in [2.05, 4.69) is 37.8 Å². The summed E-state index contributed by atoms with van der Waals surface area (Å²) in [7, 11) is -2.60. The predicted octanol–water partition coefficient (Wildman–Crippen LogP) is 7.59. The summed E-state index contributed by atoms with van der Waals surface area (Å²) in [6, 6.07) is 29.0. The van der Waals surface area contributed by atoms with Gasteiger partial charge in [0.2, 0.25) is 15.4 Å². The number of hydrogen-bond donors (Lipinski definition) is 6. The van der Waals surface area contributed by atoms with E-state index in [9.17, 15) is 33.0 Å². The van der Waals surface area contributed by atoms with Gasteiger partial charge in [0.05, 0.1) is 45.3 Å². The molecule has 0 unspecified atom stereocenters. The number of unbranched alkanes of at least 4 members (excludes halogenated alkanes) is 1. The van der Waals surface area contributed by atoms with Crippen LogP contribution in [0.3, 0.4) is 0 Å². The lowest BCUT2D eigenvalue weighted by Gasteiger charge is -2.16. The molecule has 13 nitrogen and oxygen atoms in total. The second-order valence-corrected chi connectivity index (χ2v) is 16.5. The van der Waals surface area contributed by atoms with Crippen LogP contribution in [0.5, 0.6) is 11.5 Å². The van der Waals surface area contributed by atoms with Gasteiger partial charge in [0.25, 0.3) is 5.91 Å². The van der Waals surface area contributed by atoms with Crippen LogP contribution in [0, 0.1) is 18.8 Å². The molecule has 62 heavy (non-hydrogen) atoms. The van der Waals surface area contributed by atoms with E-state index in [1.165, 1.54) is 61.7 Å². The predicted molar refractivity (Wildman–Crippen MR) is 239 cm³/mol. The van der Waals surface area contributed by atoms with Gasteiger partial charge in [-0.25, -0.2) is 8.42 Å². The highest BCUT2D eigenvalue weighted by Crippen LogP contribution is 2.35. The number of nitrogens with zero attached hydrogens (tertiary/aromatic N) is 1. The van der Waals surface area contributed by atoms with Crippen molar-refractivity contribution in [2.24, 2.45) is 0 Å². The van der Waals surface area contributed by atoms with Crippen molar-refractivity contribution in [1.29, 1.82) is 0 Å². The Morgan fingerprint density at radius 2 is 1.69 bits per heavy atom. The number of methoxy groups -OCH3 is 1. The lowest BCUT2D eigenvalue weighted by Crippen LogP contribution is -2.22. The fourth-order valence-electron chi connectivity index (χ4n) is 6.99. The summed E-state index contributed by atoms with van der Waals surface area (Å²) in [6.45, 7) is 4.05. The minimum Gasteiger partial charge on any atom is -0.506 e. The fraction of sp³-hybridized carbons (Fsp3) is 0.167. The number of aromatic hydroxyl groups is 1. The second-order valence-electron chi connectivity index (χ2n) is 14.6. The van der Waals surface area contributed by atoms with Crippen molar-refractivity contribution in [3.8, 4) is 23.3 Å². The van der Waals surface area contributed by atoms with Crippen LogP contribution in [0.1, 0.15) is 63.3 Å². The van der Waals surface area contributed by atoms with E-state index in [0.29, 0.717) is 63.2 Å². The maximum atomic E-state index is 14.2. The third-order valence-corrected chi connectivity index (χ3v) is 11.9. The van der Waals surface area contributed by atoms with Crippen LogP contribution < -0.4 is 26.2 Å². The molecule has 0 bridgehead atoms. The number of ether oxygens (including phenoxy) is 1. The van der Waals surface area contributed by atoms with Crippen LogP contribution in [0.2, 0.25) is 0 Å². The first kappa shape index (κ1) is 42.8. The Kier molecular flexibility index (Phi) is 12.8. The number of Topliss-reactive ketones (excluding diaryl/α,β-unsaturated/α-hetero) is 1. The number of carbonyl (C=O) groups excluding carboxylic acids is 2. The minimum absolute atomic E-state index is 0.0251. The van der Waals surface area contributed by atoms with E-state index in [0.717, 1.165) is 12.0 Å². The first-order valence-corrected chi connectivity index (χ1v) is 21.1. The first-order valence-electron chi connectivity index (χ1n) is 19.7. The van der Waals surface area contributed by atoms with Gasteiger partial charge in [-0.05, 0) is 117 Å². The number of carbonyl (C=O) groups is 2. The highest BCUT2D eigenvalue weighted by molar-refractivity contribution is 7.91. The summed E-state index contributed by atoms with van der Waals surface area (Å²) in [5, 5.41) is 31.2. The highest BCUT2D eigenvalue weighted by atomic mass is 32.2. The number of aromatic amines is 1. The molecule has 0 aliphatic carbocycles. The number of fused-ring (bicyclic) bond motifs is 2. The minimum atomic E-state index is -4.15. The van der Waals surface area contributed by atoms with Crippen molar-refractivity contribution < 1.29 is 33.0 Å². The Bertz CT molecular complexity index is 3080. The number of benzene rings is 5. The quantitative estimate of drug-likeness (QED) is 0.0358. The Morgan fingerprint density at radius 3 is 2.47 bits per heavy atom. The van der Waals surface area contributed by atoms with Gasteiger partial charge in [0, 0.05) is 64.6 Å². The normalized spacial score (nSPS) is 11.7. The molecule has 2 heterocycles. The standard InChI is InChI=1S/C48H43N5O8S/c1-29-23-37(26-40-45(29)50-27-41(30(2)54)46(40)51-34-11-8-12-35(25-34)61-3)62(59,60)36-13-7-10-32(24-36)48(58)52-33-16-14-31(15-17-33)9-5-4-6-22-49-28-43(56)38-18-20-42(55)47-39(38)19-21-44(57)53-47/h7-8,10-21,23-27,43,49,55-56H,4,6,22,28H2,1-3H3,(H,50,51)(H,52,58)(H,53,57)/t43-/m0/s1. The molecule has 5 aromatic carbocycles. The number of aryl methyl sites for hydroxylation is 1. The molecule has 0 fully saturated rings. The van der Waals surface area contributed by atoms with Gasteiger partial charge in [-0.2, -0.15) is 0 Å². The molecule has 6 N–H and O–H groups in total. The third-order valence-electron chi connectivity index (χ3n) is 10.2. The third kappa shape index (κ3) is 9.51. The number of sulfone groups is 1. The van der Waals surface area contributed by atoms with Gasteiger partial charge in [-0.15, -0.1) is 0 Å². The number of H-pyrrole nitrogens is 1. The molecule has 0 spiro atoms. The lowest BCUT2D eigenvalue weighted by molar-refractivity contribution is 0.101. The first-order chi connectivity index (χ1) is 29.8. The zero-order valence-corrected chi connectivity index (χ0v) is 34.9. The summed E-state index contributed by atoms with van der Waals surface area (Å²) >= 11 is 0. The number of pyridine rings is 2.